The van der Waals surface area contributed by atoms with E-state index in [1.54, 1.807) is 10.9 Å². The first kappa shape index (κ1) is 10.9. The van der Waals surface area contributed by atoms with Crippen molar-refractivity contribution >= 4 is 39.0 Å². The standard InChI is InChI=1S/C10H11N7S/c1-17-5-6(4-12-17)13-8-7-2-3-18-9(7)15-10(14-8)16-11/h2-5H,11H2,1H3,(H2,13,14,15,16). The summed E-state index contributed by atoms with van der Waals surface area (Å²) < 4.78 is 1.72. The minimum absolute atomic E-state index is 0.386. The Bertz CT molecular complexity index is 686. The Balaban J connectivity index is 2.06. The van der Waals surface area contributed by atoms with Crippen LogP contribution in [0.2, 0.25) is 0 Å². The van der Waals surface area contributed by atoms with Gasteiger partial charge >= 0.3 is 0 Å². The normalized spacial score (nSPS) is 10.8. The summed E-state index contributed by atoms with van der Waals surface area (Å²) in [5.41, 5.74) is 3.33. The molecule has 0 aliphatic carbocycles. The van der Waals surface area contributed by atoms with Gasteiger partial charge in [0.15, 0.2) is 0 Å². The summed E-state index contributed by atoms with van der Waals surface area (Å²) in [7, 11) is 1.86. The third kappa shape index (κ3) is 1.87. The van der Waals surface area contributed by atoms with Crippen LogP contribution >= 0.6 is 11.3 Å². The Morgan fingerprint density at radius 3 is 3.00 bits per heavy atom. The predicted octanol–water partition coefficient (Wildman–Crippen LogP) is 1.45. The number of hydrogen-bond acceptors (Lipinski definition) is 7. The SMILES string of the molecule is Cn1cc(Nc2nc(NN)nc3sccc23)cn1. The van der Waals surface area contributed by atoms with E-state index in [0.717, 1.165) is 15.9 Å². The topological polar surface area (TPSA) is 93.7 Å². The van der Waals surface area contributed by atoms with Crippen molar-refractivity contribution in [2.24, 2.45) is 12.9 Å². The zero-order valence-electron chi connectivity index (χ0n) is 9.58. The molecule has 7 nitrogen and oxygen atoms in total. The average Bonchev–Trinajstić information content (AvgIpc) is 2.98. The molecule has 0 bridgehead atoms. The van der Waals surface area contributed by atoms with Crippen LogP contribution in [0.4, 0.5) is 17.5 Å². The summed E-state index contributed by atoms with van der Waals surface area (Å²) in [5.74, 6) is 6.46. The van der Waals surface area contributed by atoms with Gasteiger partial charge in [-0.2, -0.15) is 10.1 Å². The van der Waals surface area contributed by atoms with Crippen molar-refractivity contribution in [1.29, 1.82) is 0 Å². The molecule has 0 amide bonds. The molecule has 0 fully saturated rings. The van der Waals surface area contributed by atoms with Gasteiger partial charge in [0, 0.05) is 13.2 Å². The first-order valence-electron chi connectivity index (χ1n) is 5.24. The second-order valence-electron chi connectivity index (χ2n) is 3.71. The van der Waals surface area contributed by atoms with Gasteiger partial charge in [0.05, 0.1) is 17.3 Å². The molecule has 18 heavy (non-hydrogen) atoms. The second kappa shape index (κ2) is 4.24. The quantitative estimate of drug-likeness (QED) is 0.488. The van der Waals surface area contributed by atoms with Gasteiger partial charge in [0.2, 0.25) is 5.95 Å². The minimum Gasteiger partial charge on any atom is -0.337 e. The summed E-state index contributed by atoms with van der Waals surface area (Å²) in [5, 5.41) is 10.2. The average molecular weight is 261 g/mol. The van der Waals surface area contributed by atoms with E-state index >= 15 is 0 Å². The van der Waals surface area contributed by atoms with Gasteiger partial charge in [-0.05, 0) is 11.4 Å². The lowest BCUT2D eigenvalue weighted by Gasteiger charge is -2.06. The molecule has 3 aromatic rings. The Morgan fingerprint density at radius 2 is 2.28 bits per heavy atom. The molecule has 3 rings (SSSR count). The molecule has 0 saturated carbocycles. The summed E-state index contributed by atoms with van der Waals surface area (Å²) in [6, 6.07) is 1.97. The van der Waals surface area contributed by atoms with Crippen molar-refractivity contribution < 1.29 is 0 Å². The van der Waals surface area contributed by atoms with Gasteiger partial charge in [0.25, 0.3) is 0 Å². The van der Waals surface area contributed by atoms with Crippen molar-refractivity contribution in [1.82, 2.24) is 19.7 Å². The van der Waals surface area contributed by atoms with Crippen LogP contribution in [0.15, 0.2) is 23.8 Å². The van der Waals surface area contributed by atoms with Gasteiger partial charge in [0.1, 0.15) is 10.6 Å². The lowest BCUT2D eigenvalue weighted by atomic mass is 10.3. The lowest BCUT2D eigenvalue weighted by Crippen LogP contribution is -2.11. The maximum absolute atomic E-state index is 5.36. The van der Waals surface area contributed by atoms with E-state index in [2.05, 4.69) is 25.8 Å². The summed E-state index contributed by atoms with van der Waals surface area (Å²) in [4.78, 5) is 9.46. The number of thiophene rings is 1. The Kier molecular flexibility index (Phi) is 2.58. The molecule has 0 aliphatic heterocycles. The number of hydrazine groups is 1. The largest absolute Gasteiger partial charge is 0.337 e. The molecule has 0 radical (unpaired) electrons. The number of anilines is 3. The summed E-state index contributed by atoms with van der Waals surface area (Å²) in [6.45, 7) is 0. The summed E-state index contributed by atoms with van der Waals surface area (Å²) >= 11 is 1.54. The highest BCUT2D eigenvalue weighted by atomic mass is 32.1. The smallest absolute Gasteiger partial charge is 0.240 e. The maximum atomic E-state index is 5.36. The van der Waals surface area contributed by atoms with Crippen molar-refractivity contribution in [3.63, 3.8) is 0 Å². The van der Waals surface area contributed by atoms with Crippen LogP contribution in [-0.4, -0.2) is 19.7 Å². The molecule has 92 valence electrons. The van der Waals surface area contributed by atoms with E-state index in [-0.39, 0.29) is 0 Å². The molecule has 0 aromatic carbocycles. The first-order valence-corrected chi connectivity index (χ1v) is 6.12. The van der Waals surface area contributed by atoms with Crippen LogP contribution in [0, 0.1) is 0 Å². The van der Waals surface area contributed by atoms with Crippen LogP contribution < -0.4 is 16.6 Å². The third-order valence-corrected chi connectivity index (χ3v) is 3.23. The fourth-order valence-electron chi connectivity index (χ4n) is 1.64. The van der Waals surface area contributed by atoms with Crippen LogP contribution in [0.25, 0.3) is 10.2 Å². The van der Waals surface area contributed by atoms with E-state index in [0.29, 0.717) is 11.8 Å². The molecule has 8 heteroatoms. The Hall–Kier alpha value is -2.19. The highest BCUT2D eigenvalue weighted by Gasteiger charge is 2.09. The fourth-order valence-corrected chi connectivity index (χ4v) is 2.40. The molecule has 0 atom stereocenters. The molecule has 0 saturated heterocycles. The van der Waals surface area contributed by atoms with Gasteiger partial charge in [-0.25, -0.2) is 10.8 Å². The van der Waals surface area contributed by atoms with Gasteiger partial charge < -0.3 is 5.32 Å². The number of nitrogens with two attached hydrogens (primary N) is 1. The number of aromatic nitrogens is 4. The van der Waals surface area contributed by atoms with Crippen molar-refractivity contribution in [2.45, 2.75) is 0 Å². The molecule has 3 heterocycles. The van der Waals surface area contributed by atoms with Crippen LogP contribution in [-0.2, 0) is 7.05 Å². The summed E-state index contributed by atoms with van der Waals surface area (Å²) in [6.07, 6.45) is 3.60. The number of hydrogen-bond donors (Lipinski definition) is 3. The minimum atomic E-state index is 0.386. The van der Waals surface area contributed by atoms with Crippen LogP contribution in [0.1, 0.15) is 0 Å². The van der Waals surface area contributed by atoms with Crippen molar-refractivity contribution in [3.05, 3.63) is 23.8 Å². The second-order valence-corrected chi connectivity index (χ2v) is 4.60. The van der Waals surface area contributed by atoms with Crippen molar-refractivity contribution in [3.8, 4) is 0 Å². The van der Waals surface area contributed by atoms with E-state index in [1.807, 2.05) is 24.7 Å². The highest BCUT2D eigenvalue weighted by Crippen LogP contribution is 2.28. The van der Waals surface area contributed by atoms with Gasteiger partial charge in [-0.1, -0.05) is 0 Å². The van der Waals surface area contributed by atoms with Crippen molar-refractivity contribution in [2.75, 3.05) is 10.7 Å². The number of nitrogen functional groups attached to an aromatic ring is 1. The molecule has 4 N–H and O–H groups in total. The number of fused-ring (bicyclic) bond motifs is 1. The Labute approximate surface area is 107 Å². The number of rotatable bonds is 3. The fraction of sp³-hybridized carbons (Fsp3) is 0.100. The first-order chi connectivity index (χ1) is 8.76. The molecule has 0 aliphatic rings. The lowest BCUT2D eigenvalue weighted by molar-refractivity contribution is 0.768. The van der Waals surface area contributed by atoms with Crippen LogP contribution in [0.5, 0.6) is 0 Å². The van der Waals surface area contributed by atoms with Gasteiger partial charge in [-0.3, -0.25) is 10.1 Å². The molecule has 0 unspecified atom stereocenters. The van der Waals surface area contributed by atoms with E-state index in [9.17, 15) is 0 Å². The zero-order chi connectivity index (χ0) is 12.5. The highest BCUT2D eigenvalue weighted by molar-refractivity contribution is 7.16. The Morgan fingerprint density at radius 1 is 1.39 bits per heavy atom. The zero-order valence-corrected chi connectivity index (χ0v) is 10.4. The molecule has 0 spiro atoms. The number of nitrogens with one attached hydrogen (secondary N) is 2. The van der Waals surface area contributed by atoms with E-state index in [4.69, 9.17) is 5.84 Å². The van der Waals surface area contributed by atoms with Crippen LogP contribution in [0.3, 0.4) is 0 Å². The van der Waals surface area contributed by atoms with E-state index < -0.39 is 0 Å². The third-order valence-electron chi connectivity index (χ3n) is 2.42. The molecular formula is C10H11N7S. The maximum Gasteiger partial charge on any atom is 0.240 e. The van der Waals surface area contributed by atoms with Gasteiger partial charge in [-0.15, -0.1) is 11.3 Å². The number of nitrogens with zero attached hydrogens (tertiary/aromatic N) is 4. The van der Waals surface area contributed by atoms with E-state index in [1.165, 1.54) is 11.3 Å². The molecular weight excluding hydrogens is 250 g/mol. The molecule has 3 aromatic heterocycles. The monoisotopic (exact) mass is 261 g/mol. The predicted molar refractivity (Wildman–Crippen MR) is 71.7 cm³/mol. The number of aryl methyl sites for hydroxylation is 1.